The first-order chi connectivity index (χ1) is 9.38. The van der Waals surface area contributed by atoms with Gasteiger partial charge in [0, 0.05) is 0 Å². The first-order valence-corrected chi connectivity index (χ1v) is 5.52. The number of benzene rings is 1. The van der Waals surface area contributed by atoms with Crippen LogP contribution >= 0.6 is 0 Å². The second kappa shape index (κ2) is 5.39. The molecule has 20 heavy (non-hydrogen) atoms. The standard InChI is InChI=1S/C11H9BF2N2O4/c13-7-2-1-6(8(3-7)12(19)20)4-16-5-9(14)10(17)15-11(16)18/h1-3,5,19-20H,4H2,(H,15,17,18). The van der Waals surface area contributed by atoms with Gasteiger partial charge in [0.15, 0.2) is 0 Å². The van der Waals surface area contributed by atoms with Crippen molar-refractivity contribution in [2.45, 2.75) is 6.54 Å². The van der Waals surface area contributed by atoms with Crippen LogP contribution < -0.4 is 16.7 Å². The Hall–Kier alpha value is -2.26. The van der Waals surface area contributed by atoms with Crippen LogP contribution in [-0.4, -0.2) is 26.7 Å². The predicted molar refractivity (Wildman–Crippen MR) is 66.6 cm³/mol. The number of halogens is 2. The summed E-state index contributed by atoms with van der Waals surface area (Å²) in [6.07, 6.45) is 0.693. The average molecular weight is 282 g/mol. The lowest BCUT2D eigenvalue weighted by Crippen LogP contribution is -2.37. The summed E-state index contributed by atoms with van der Waals surface area (Å²) in [5.74, 6) is -1.84. The molecular formula is C11H9BF2N2O4. The smallest absolute Gasteiger partial charge is 0.423 e. The van der Waals surface area contributed by atoms with E-state index in [-0.39, 0.29) is 17.6 Å². The third-order valence-corrected chi connectivity index (χ3v) is 2.69. The van der Waals surface area contributed by atoms with Gasteiger partial charge in [0.2, 0.25) is 5.82 Å². The molecule has 0 fully saturated rings. The first-order valence-electron chi connectivity index (χ1n) is 5.52. The van der Waals surface area contributed by atoms with Crippen molar-refractivity contribution in [3.05, 3.63) is 62.4 Å². The fraction of sp³-hybridized carbons (Fsp3) is 0.0909. The summed E-state index contributed by atoms with van der Waals surface area (Å²) in [4.78, 5) is 24.1. The van der Waals surface area contributed by atoms with E-state index in [1.807, 2.05) is 0 Å². The van der Waals surface area contributed by atoms with Crippen LogP contribution in [0.5, 0.6) is 0 Å². The molecule has 0 atom stereocenters. The maximum atomic E-state index is 13.1. The molecule has 0 saturated carbocycles. The van der Waals surface area contributed by atoms with Crippen molar-refractivity contribution in [1.29, 1.82) is 0 Å². The van der Waals surface area contributed by atoms with Gasteiger partial charge in [-0.3, -0.25) is 14.3 Å². The molecule has 0 radical (unpaired) electrons. The van der Waals surface area contributed by atoms with E-state index in [1.165, 1.54) is 6.07 Å². The van der Waals surface area contributed by atoms with E-state index < -0.39 is 30.0 Å². The van der Waals surface area contributed by atoms with Crippen LogP contribution in [0.4, 0.5) is 8.78 Å². The van der Waals surface area contributed by atoms with Gasteiger partial charge in [-0.15, -0.1) is 0 Å². The van der Waals surface area contributed by atoms with E-state index in [2.05, 4.69) is 0 Å². The molecule has 0 unspecified atom stereocenters. The maximum Gasteiger partial charge on any atom is 0.488 e. The van der Waals surface area contributed by atoms with Crippen molar-refractivity contribution in [2.75, 3.05) is 0 Å². The van der Waals surface area contributed by atoms with Crippen molar-refractivity contribution in [3.63, 3.8) is 0 Å². The van der Waals surface area contributed by atoms with Gasteiger partial charge in [-0.05, 0) is 23.2 Å². The van der Waals surface area contributed by atoms with Gasteiger partial charge in [0.1, 0.15) is 5.82 Å². The number of nitrogens with one attached hydrogen (secondary N) is 1. The van der Waals surface area contributed by atoms with Crippen LogP contribution in [0.3, 0.4) is 0 Å². The van der Waals surface area contributed by atoms with E-state index in [1.54, 1.807) is 4.98 Å². The highest BCUT2D eigenvalue weighted by atomic mass is 19.1. The Morgan fingerprint density at radius 2 is 1.95 bits per heavy atom. The Balaban J connectivity index is 2.48. The highest BCUT2D eigenvalue weighted by Gasteiger charge is 2.17. The van der Waals surface area contributed by atoms with E-state index in [9.17, 15) is 18.4 Å². The van der Waals surface area contributed by atoms with Gasteiger partial charge in [0.25, 0.3) is 5.56 Å². The van der Waals surface area contributed by atoms with Crippen molar-refractivity contribution in [2.24, 2.45) is 0 Å². The minimum Gasteiger partial charge on any atom is -0.423 e. The fourth-order valence-electron chi connectivity index (χ4n) is 1.73. The Morgan fingerprint density at radius 3 is 2.60 bits per heavy atom. The largest absolute Gasteiger partial charge is 0.488 e. The Labute approximate surface area is 111 Å². The van der Waals surface area contributed by atoms with Gasteiger partial charge >= 0.3 is 12.8 Å². The normalized spacial score (nSPS) is 10.6. The van der Waals surface area contributed by atoms with E-state index in [0.717, 1.165) is 16.7 Å². The van der Waals surface area contributed by atoms with Crippen LogP contribution in [0, 0.1) is 11.6 Å². The first kappa shape index (κ1) is 14.2. The molecule has 9 heteroatoms. The fourth-order valence-corrected chi connectivity index (χ4v) is 1.73. The summed E-state index contributed by atoms with van der Waals surface area (Å²) >= 11 is 0. The zero-order valence-electron chi connectivity index (χ0n) is 10.0. The van der Waals surface area contributed by atoms with Gasteiger partial charge in [0.05, 0.1) is 12.7 Å². The predicted octanol–water partition coefficient (Wildman–Crippen LogP) is -1.46. The SMILES string of the molecule is O=c1[nH]c(=O)n(Cc2ccc(F)cc2B(O)O)cc1F. The summed E-state index contributed by atoms with van der Waals surface area (Å²) in [7, 11) is -1.94. The molecule has 1 heterocycles. The molecule has 0 bridgehead atoms. The number of aromatic amines is 1. The van der Waals surface area contributed by atoms with Gasteiger partial charge in [-0.2, -0.15) is 4.39 Å². The number of rotatable bonds is 3. The lowest BCUT2D eigenvalue weighted by Gasteiger charge is -2.10. The molecule has 2 aromatic rings. The van der Waals surface area contributed by atoms with Crippen LogP contribution in [0.2, 0.25) is 0 Å². The molecular weight excluding hydrogens is 273 g/mol. The number of hydrogen-bond donors (Lipinski definition) is 3. The number of hydrogen-bond acceptors (Lipinski definition) is 4. The summed E-state index contributed by atoms with van der Waals surface area (Å²) in [5, 5.41) is 18.3. The zero-order chi connectivity index (χ0) is 14.9. The van der Waals surface area contributed by atoms with Crippen LogP contribution in [-0.2, 0) is 6.54 Å². The molecule has 0 amide bonds. The Morgan fingerprint density at radius 1 is 1.25 bits per heavy atom. The second-order valence-electron chi connectivity index (χ2n) is 4.08. The molecule has 6 nitrogen and oxygen atoms in total. The summed E-state index contributed by atoms with van der Waals surface area (Å²) in [6, 6.07) is 3.20. The number of H-pyrrole nitrogens is 1. The molecule has 3 N–H and O–H groups in total. The van der Waals surface area contributed by atoms with Crippen molar-refractivity contribution >= 4 is 12.6 Å². The molecule has 0 saturated heterocycles. The Bertz CT molecular complexity index is 757. The molecule has 1 aromatic carbocycles. The molecule has 0 spiro atoms. The summed E-state index contributed by atoms with van der Waals surface area (Å²) in [6.45, 7) is -0.250. The summed E-state index contributed by atoms with van der Waals surface area (Å²) < 4.78 is 27.0. The lowest BCUT2D eigenvalue weighted by molar-refractivity contribution is 0.424. The maximum absolute atomic E-state index is 13.1. The minimum atomic E-state index is -1.94. The lowest BCUT2D eigenvalue weighted by atomic mass is 9.77. The van der Waals surface area contributed by atoms with E-state index >= 15 is 0 Å². The van der Waals surface area contributed by atoms with Crippen molar-refractivity contribution < 1.29 is 18.8 Å². The molecule has 104 valence electrons. The second-order valence-corrected chi connectivity index (χ2v) is 4.08. The molecule has 0 aliphatic heterocycles. The Kier molecular flexibility index (Phi) is 3.82. The van der Waals surface area contributed by atoms with Crippen LogP contribution in [0.25, 0.3) is 0 Å². The van der Waals surface area contributed by atoms with Crippen LogP contribution in [0.15, 0.2) is 34.0 Å². The van der Waals surface area contributed by atoms with Crippen LogP contribution in [0.1, 0.15) is 5.56 Å². The quantitative estimate of drug-likeness (QED) is 0.600. The van der Waals surface area contributed by atoms with Gasteiger partial charge < -0.3 is 10.0 Å². The molecule has 1 aromatic heterocycles. The highest BCUT2D eigenvalue weighted by Crippen LogP contribution is 2.03. The summed E-state index contributed by atoms with van der Waals surface area (Å²) in [5.41, 5.74) is -1.95. The number of nitrogens with zero attached hydrogens (tertiary/aromatic N) is 1. The molecule has 0 aliphatic rings. The van der Waals surface area contributed by atoms with E-state index in [4.69, 9.17) is 10.0 Å². The minimum absolute atomic E-state index is 0.150. The van der Waals surface area contributed by atoms with Gasteiger partial charge in [-0.25, -0.2) is 9.18 Å². The average Bonchev–Trinajstić information content (AvgIpc) is 2.37. The van der Waals surface area contributed by atoms with E-state index in [0.29, 0.717) is 6.20 Å². The monoisotopic (exact) mass is 282 g/mol. The topological polar surface area (TPSA) is 95.3 Å². The van der Waals surface area contributed by atoms with Crippen molar-refractivity contribution in [1.82, 2.24) is 9.55 Å². The van der Waals surface area contributed by atoms with Crippen molar-refractivity contribution in [3.8, 4) is 0 Å². The third-order valence-electron chi connectivity index (χ3n) is 2.69. The highest BCUT2D eigenvalue weighted by molar-refractivity contribution is 6.59. The number of aromatic nitrogens is 2. The zero-order valence-corrected chi connectivity index (χ0v) is 10.0. The molecule has 2 rings (SSSR count). The molecule has 0 aliphatic carbocycles. The van der Waals surface area contributed by atoms with Gasteiger partial charge in [-0.1, -0.05) is 6.07 Å². The third kappa shape index (κ3) is 2.84.